The molecule has 0 aliphatic heterocycles. The van der Waals surface area contributed by atoms with Crippen LogP contribution in [0.1, 0.15) is 5.56 Å². The number of hydrogen-bond acceptors (Lipinski definition) is 4. The molecule has 5 nitrogen and oxygen atoms in total. The number of benzene rings is 2. The standard InChI is InChI=1S/C17H12ClF3N2O3S/c18-11-6-2-4-8-13(11)27-14-15(24)22-23(16(14)25)9-10-5-1-3-7-12(10)26-17(19,20)21/h1-8,25H,9H2,(H,22,24). The first-order valence-corrected chi connectivity index (χ1v) is 8.72. The van der Waals surface area contributed by atoms with E-state index >= 15 is 0 Å². The smallest absolute Gasteiger partial charge is 0.493 e. The maximum atomic E-state index is 12.5. The second-order valence-electron chi connectivity index (χ2n) is 5.37. The van der Waals surface area contributed by atoms with Crippen molar-refractivity contribution in [3.63, 3.8) is 0 Å². The molecule has 0 fully saturated rings. The largest absolute Gasteiger partial charge is 0.573 e. The average Bonchev–Trinajstić information content (AvgIpc) is 2.85. The fourth-order valence-electron chi connectivity index (χ4n) is 2.32. The molecule has 0 spiro atoms. The van der Waals surface area contributed by atoms with E-state index in [9.17, 15) is 23.1 Å². The van der Waals surface area contributed by atoms with Gasteiger partial charge >= 0.3 is 6.36 Å². The highest BCUT2D eigenvalue weighted by molar-refractivity contribution is 7.99. The number of H-pyrrole nitrogens is 1. The predicted octanol–water partition coefficient (Wildman–Crippen LogP) is 4.63. The van der Waals surface area contributed by atoms with Gasteiger partial charge in [-0.05, 0) is 18.2 Å². The molecule has 1 aromatic heterocycles. The lowest BCUT2D eigenvalue weighted by Crippen LogP contribution is -2.18. The van der Waals surface area contributed by atoms with Crippen LogP contribution in [0.3, 0.4) is 0 Å². The molecule has 2 aromatic carbocycles. The van der Waals surface area contributed by atoms with E-state index < -0.39 is 23.6 Å². The highest BCUT2D eigenvalue weighted by Crippen LogP contribution is 2.36. The zero-order chi connectivity index (χ0) is 19.6. The van der Waals surface area contributed by atoms with Gasteiger partial charge in [-0.25, -0.2) is 4.68 Å². The molecule has 10 heteroatoms. The Balaban J connectivity index is 1.90. The van der Waals surface area contributed by atoms with Crippen LogP contribution in [-0.2, 0) is 6.54 Å². The van der Waals surface area contributed by atoms with Crippen LogP contribution in [-0.4, -0.2) is 21.2 Å². The summed E-state index contributed by atoms with van der Waals surface area (Å²) in [5, 5.41) is 13.2. The molecule has 0 radical (unpaired) electrons. The van der Waals surface area contributed by atoms with Crippen LogP contribution in [0.2, 0.25) is 5.02 Å². The fraction of sp³-hybridized carbons (Fsp3) is 0.118. The number of ether oxygens (including phenoxy) is 1. The first-order valence-electron chi connectivity index (χ1n) is 7.52. The molecule has 0 amide bonds. The topological polar surface area (TPSA) is 67.2 Å². The first kappa shape index (κ1) is 19.2. The Bertz CT molecular complexity index is 1020. The lowest BCUT2D eigenvalue weighted by molar-refractivity contribution is -0.274. The second kappa shape index (κ2) is 7.61. The maximum absolute atomic E-state index is 12.5. The van der Waals surface area contributed by atoms with Crippen molar-refractivity contribution in [3.8, 4) is 11.6 Å². The van der Waals surface area contributed by atoms with Gasteiger partial charge in [-0.3, -0.25) is 9.89 Å². The molecule has 1 heterocycles. The summed E-state index contributed by atoms with van der Waals surface area (Å²) in [5.74, 6) is -0.828. The Labute approximate surface area is 160 Å². The number of alkyl halides is 3. The predicted molar refractivity (Wildman–Crippen MR) is 94.5 cm³/mol. The number of para-hydroxylation sites is 1. The number of aromatic nitrogens is 2. The Kier molecular flexibility index (Phi) is 5.43. The van der Waals surface area contributed by atoms with Gasteiger partial charge in [-0.2, -0.15) is 0 Å². The summed E-state index contributed by atoms with van der Waals surface area (Å²) in [5.41, 5.74) is -0.461. The van der Waals surface area contributed by atoms with E-state index in [0.717, 1.165) is 22.5 Å². The molecule has 0 atom stereocenters. The molecule has 2 N–H and O–H groups in total. The number of hydrogen-bond donors (Lipinski definition) is 2. The molecule has 3 rings (SSSR count). The Morgan fingerprint density at radius 2 is 1.81 bits per heavy atom. The Hall–Kier alpha value is -2.52. The van der Waals surface area contributed by atoms with Crippen LogP contribution in [0.25, 0.3) is 0 Å². The van der Waals surface area contributed by atoms with Crippen LogP contribution in [0, 0.1) is 0 Å². The molecule has 3 aromatic rings. The van der Waals surface area contributed by atoms with Gasteiger partial charge < -0.3 is 9.84 Å². The first-order chi connectivity index (χ1) is 12.7. The van der Waals surface area contributed by atoms with Crippen molar-refractivity contribution in [2.75, 3.05) is 0 Å². The molecule has 0 saturated carbocycles. The van der Waals surface area contributed by atoms with E-state index in [-0.39, 0.29) is 17.0 Å². The van der Waals surface area contributed by atoms with Crippen LogP contribution < -0.4 is 10.3 Å². The Morgan fingerprint density at radius 3 is 2.52 bits per heavy atom. The summed E-state index contributed by atoms with van der Waals surface area (Å²) < 4.78 is 42.6. The third kappa shape index (κ3) is 4.61. The van der Waals surface area contributed by atoms with Gasteiger partial charge in [0.25, 0.3) is 5.56 Å². The van der Waals surface area contributed by atoms with Crippen molar-refractivity contribution in [1.29, 1.82) is 0 Å². The van der Waals surface area contributed by atoms with Gasteiger partial charge in [-0.15, -0.1) is 13.2 Å². The normalized spacial score (nSPS) is 11.6. The summed E-state index contributed by atoms with van der Waals surface area (Å²) in [6.45, 7) is -0.226. The highest BCUT2D eigenvalue weighted by atomic mass is 35.5. The third-order valence-corrected chi connectivity index (χ3v) is 5.07. The van der Waals surface area contributed by atoms with Gasteiger partial charge in [0.1, 0.15) is 10.6 Å². The van der Waals surface area contributed by atoms with E-state index in [1.54, 1.807) is 24.3 Å². The molecule has 0 bridgehead atoms. The van der Waals surface area contributed by atoms with Crippen LogP contribution in [0.15, 0.2) is 63.1 Å². The minimum atomic E-state index is -4.85. The van der Waals surface area contributed by atoms with E-state index in [1.165, 1.54) is 18.2 Å². The van der Waals surface area contributed by atoms with Crippen molar-refractivity contribution < 1.29 is 23.0 Å². The summed E-state index contributed by atoms with van der Waals surface area (Å²) in [7, 11) is 0. The molecule has 0 unspecified atom stereocenters. The molecule has 142 valence electrons. The molecular formula is C17H12ClF3N2O3S. The van der Waals surface area contributed by atoms with Crippen molar-refractivity contribution in [2.24, 2.45) is 0 Å². The number of halogens is 4. The van der Waals surface area contributed by atoms with Gasteiger partial charge in [0.05, 0.1) is 11.6 Å². The van der Waals surface area contributed by atoms with E-state index in [2.05, 4.69) is 9.84 Å². The minimum absolute atomic E-state index is 0.0164. The molecule has 0 saturated heterocycles. The fourth-order valence-corrected chi connectivity index (χ4v) is 3.45. The monoisotopic (exact) mass is 416 g/mol. The molecule has 27 heavy (non-hydrogen) atoms. The quantitative estimate of drug-likeness (QED) is 0.636. The van der Waals surface area contributed by atoms with Crippen LogP contribution >= 0.6 is 23.4 Å². The van der Waals surface area contributed by atoms with Gasteiger partial charge in [0.2, 0.25) is 5.88 Å². The van der Waals surface area contributed by atoms with Crippen molar-refractivity contribution in [2.45, 2.75) is 22.7 Å². The SMILES string of the molecule is O=c1[nH]n(Cc2ccccc2OC(F)(F)F)c(O)c1Sc1ccccc1Cl. The average molecular weight is 417 g/mol. The van der Waals surface area contributed by atoms with E-state index in [4.69, 9.17) is 11.6 Å². The molecule has 0 aliphatic rings. The number of aromatic amines is 1. The molecular weight excluding hydrogens is 405 g/mol. The summed E-state index contributed by atoms with van der Waals surface area (Å²) in [4.78, 5) is 12.7. The third-order valence-electron chi connectivity index (χ3n) is 3.48. The van der Waals surface area contributed by atoms with Crippen LogP contribution in [0.4, 0.5) is 13.2 Å². The van der Waals surface area contributed by atoms with E-state index in [1.807, 2.05) is 0 Å². The zero-order valence-corrected chi connectivity index (χ0v) is 15.0. The number of nitrogens with one attached hydrogen (secondary N) is 1. The lowest BCUT2D eigenvalue weighted by Gasteiger charge is -2.13. The highest BCUT2D eigenvalue weighted by Gasteiger charge is 2.32. The summed E-state index contributed by atoms with van der Waals surface area (Å²) >= 11 is 7.01. The number of aromatic hydroxyl groups is 1. The second-order valence-corrected chi connectivity index (χ2v) is 6.83. The molecule has 0 aliphatic carbocycles. The van der Waals surface area contributed by atoms with Crippen molar-refractivity contribution >= 4 is 23.4 Å². The lowest BCUT2D eigenvalue weighted by atomic mass is 10.2. The van der Waals surface area contributed by atoms with Gasteiger partial charge in [-0.1, -0.05) is 53.7 Å². The maximum Gasteiger partial charge on any atom is 0.573 e. The number of nitrogens with zero attached hydrogens (tertiary/aromatic N) is 1. The summed E-state index contributed by atoms with van der Waals surface area (Å²) in [6.07, 6.45) is -4.85. The minimum Gasteiger partial charge on any atom is -0.493 e. The Morgan fingerprint density at radius 1 is 1.15 bits per heavy atom. The van der Waals surface area contributed by atoms with Crippen LogP contribution in [0.5, 0.6) is 11.6 Å². The van der Waals surface area contributed by atoms with Gasteiger partial charge in [0.15, 0.2) is 0 Å². The summed E-state index contributed by atoms with van der Waals surface area (Å²) in [6, 6.07) is 12.2. The van der Waals surface area contributed by atoms with Crippen molar-refractivity contribution in [3.05, 3.63) is 69.5 Å². The zero-order valence-electron chi connectivity index (χ0n) is 13.5. The number of rotatable bonds is 5. The van der Waals surface area contributed by atoms with E-state index in [0.29, 0.717) is 9.92 Å². The van der Waals surface area contributed by atoms with Crippen molar-refractivity contribution in [1.82, 2.24) is 9.78 Å². The van der Waals surface area contributed by atoms with Gasteiger partial charge in [0, 0.05) is 10.5 Å².